The molecule has 20 heavy (non-hydrogen) atoms. The van der Waals surface area contributed by atoms with E-state index in [2.05, 4.69) is 0 Å². The van der Waals surface area contributed by atoms with Crippen LogP contribution in [0.2, 0.25) is 0 Å². The molecule has 7 heteroatoms. The zero-order chi connectivity index (χ0) is 14.9. The highest BCUT2D eigenvalue weighted by molar-refractivity contribution is 7.99. The van der Waals surface area contributed by atoms with E-state index in [4.69, 9.17) is 0 Å². The molecule has 0 fully saturated rings. The predicted molar refractivity (Wildman–Crippen MR) is 71.1 cm³/mol. The molecule has 0 atom stereocenters. The van der Waals surface area contributed by atoms with Gasteiger partial charge in [-0.25, -0.2) is 0 Å². The number of anilines is 1. The Hall–Kier alpha value is -1.50. The number of ketones is 1. The number of carbonyl (C=O) groups excluding carboxylic acids is 2. The maximum atomic E-state index is 12.6. The third kappa shape index (κ3) is 2.67. The van der Waals surface area contributed by atoms with Crippen LogP contribution >= 0.6 is 11.8 Å². The van der Waals surface area contributed by atoms with Gasteiger partial charge in [0.15, 0.2) is 0 Å². The van der Waals surface area contributed by atoms with E-state index in [1.54, 1.807) is 11.8 Å². The highest BCUT2D eigenvalue weighted by Gasteiger charge is 2.38. The Bertz CT molecular complexity index is 557. The van der Waals surface area contributed by atoms with E-state index in [-0.39, 0.29) is 11.3 Å². The molecule has 0 spiro atoms. The molecule has 0 bridgehead atoms. The fourth-order valence-electron chi connectivity index (χ4n) is 2.00. The van der Waals surface area contributed by atoms with E-state index in [0.29, 0.717) is 12.3 Å². The van der Waals surface area contributed by atoms with Gasteiger partial charge in [0.2, 0.25) is 0 Å². The van der Waals surface area contributed by atoms with Crippen LogP contribution in [-0.2, 0) is 11.0 Å². The maximum Gasteiger partial charge on any atom is 0.416 e. The number of thioether (sulfide) groups is 1. The van der Waals surface area contributed by atoms with Crippen molar-refractivity contribution in [1.82, 2.24) is 0 Å². The van der Waals surface area contributed by atoms with Crippen molar-refractivity contribution in [2.45, 2.75) is 13.1 Å². The van der Waals surface area contributed by atoms with E-state index in [0.717, 1.165) is 17.9 Å². The molecule has 1 heterocycles. The van der Waals surface area contributed by atoms with Gasteiger partial charge in [0.1, 0.15) is 0 Å². The molecule has 0 aliphatic carbocycles. The monoisotopic (exact) mass is 303 g/mol. The summed E-state index contributed by atoms with van der Waals surface area (Å²) in [5.41, 5.74) is -0.807. The lowest BCUT2D eigenvalue weighted by Crippen LogP contribution is -2.31. The highest BCUT2D eigenvalue weighted by atomic mass is 32.2. The molecule has 0 saturated carbocycles. The number of fused-ring (bicyclic) bond motifs is 1. The summed E-state index contributed by atoms with van der Waals surface area (Å²) in [5.74, 6) is -0.116. The van der Waals surface area contributed by atoms with Crippen molar-refractivity contribution in [2.75, 3.05) is 23.0 Å². The Balaban J connectivity index is 2.32. The lowest BCUT2D eigenvalue weighted by molar-refractivity contribution is -0.137. The van der Waals surface area contributed by atoms with Crippen molar-refractivity contribution in [1.29, 1.82) is 0 Å². The molecule has 0 unspecified atom stereocenters. The summed E-state index contributed by atoms with van der Waals surface area (Å²) in [4.78, 5) is 24.8. The minimum atomic E-state index is -4.52. The predicted octanol–water partition coefficient (Wildman–Crippen LogP) is 2.99. The number of Topliss-reactive ketones (excluding diaryl/α,β-unsaturated/α-hetero) is 1. The van der Waals surface area contributed by atoms with Crippen LogP contribution in [0.1, 0.15) is 22.8 Å². The number of nitrogens with zero attached hydrogens (tertiary/aromatic N) is 1. The topological polar surface area (TPSA) is 37.4 Å². The minimum Gasteiger partial charge on any atom is -0.304 e. The maximum absolute atomic E-state index is 12.6. The smallest absolute Gasteiger partial charge is 0.304 e. The van der Waals surface area contributed by atoms with Crippen LogP contribution in [0.3, 0.4) is 0 Å². The number of benzene rings is 1. The van der Waals surface area contributed by atoms with Gasteiger partial charge < -0.3 is 4.90 Å². The third-order valence-electron chi connectivity index (χ3n) is 2.96. The molecule has 1 amide bonds. The number of carbonyl (C=O) groups is 2. The van der Waals surface area contributed by atoms with Crippen LogP contribution < -0.4 is 4.90 Å². The number of hydrogen-bond donors (Lipinski definition) is 0. The van der Waals surface area contributed by atoms with Crippen LogP contribution in [0.5, 0.6) is 0 Å². The van der Waals surface area contributed by atoms with Crippen molar-refractivity contribution in [3.63, 3.8) is 0 Å². The standard InChI is InChI=1S/C13H12F3NO2S/c1-2-20-6-5-17-10-4-3-8(13(14,15)16)7-9(10)11(18)12(17)19/h3-4,7H,2,5-6H2,1H3. The van der Waals surface area contributed by atoms with Gasteiger partial charge in [-0.15, -0.1) is 0 Å². The van der Waals surface area contributed by atoms with Crippen LogP contribution in [0, 0.1) is 0 Å². The molecule has 108 valence electrons. The Kier molecular flexibility index (Phi) is 4.08. The van der Waals surface area contributed by atoms with Gasteiger partial charge in [-0.1, -0.05) is 6.92 Å². The van der Waals surface area contributed by atoms with E-state index >= 15 is 0 Å². The molecule has 1 aromatic carbocycles. The van der Waals surface area contributed by atoms with E-state index < -0.39 is 23.4 Å². The van der Waals surface area contributed by atoms with Gasteiger partial charge in [0.05, 0.1) is 16.8 Å². The van der Waals surface area contributed by atoms with Gasteiger partial charge in [0.25, 0.3) is 11.7 Å². The Labute approximate surface area is 118 Å². The van der Waals surface area contributed by atoms with E-state index in [9.17, 15) is 22.8 Å². The first-order valence-electron chi connectivity index (χ1n) is 6.01. The summed E-state index contributed by atoms with van der Waals surface area (Å²) in [5, 5.41) is 0. The van der Waals surface area contributed by atoms with Gasteiger partial charge in [-0.3, -0.25) is 9.59 Å². The van der Waals surface area contributed by atoms with Gasteiger partial charge in [0, 0.05) is 12.3 Å². The summed E-state index contributed by atoms with van der Waals surface area (Å²) in [6.45, 7) is 2.28. The summed E-state index contributed by atoms with van der Waals surface area (Å²) in [7, 11) is 0. The SMILES string of the molecule is CCSCCN1C(=O)C(=O)c2cc(C(F)(F)F)ccc21. The fraction of sp³-hybridized carbons (Fsp3) is 0.385. The zero-order valence-corrected chi connectivity index (χ0v) is 11.5. The lowest BCUT2D eigenvalue weighted by Gasteiger charge is -2.16. The largest absolute Gasteiger partial charge is 0.416 e. The van der Waals surface area contributed by atoms with Crippen LogP contribution in [0.15, 0.2) is 18.2 Å². The number of alkyl halides is 3. The van der Waals surface area contributed by atoms with Gasteiger partial charge >= 0.3 is 6.18 Å². The third-order valence-corrected chi connectivity index (χ3v) is 3.84. The Morgan fingerprint density at radius 2 is 1.95 bits per heavy atom. The second kappa shape index (κ2) is 5.47. The molecule has 3 nitrogen and oxygen atoms in total. The fourth-order valence-corrected chi connectivity index (χ4v) is 2.60. The second-order valence-electron chi connectivity index (χ2n) is 4.21. The number of halogens is 3. The van der Waals surface area contributed by atoms with Crippen molar-refractivity contribution < 1.29 is 22.8 Å². The summed E-state index contributed by atoms with van der Waals surface area (Å²) < 4.78 is 37.8. The first kappa shape index (κ1) is 14.9. The van der Waals surface area contributed by atoms with Crippen LogP contribution in [0.25, 0.3) is 0 Å². The van der Waals surface area contributed by atoms with Crippen molar-refractivity contribution in [3.8, 4) is 0 Å². The molecule has 1 aliphatic heterocycles. The molecule has 0 aromatic heterocycles. The van der Waals surface area contributed by atoms with E-state index in [1.807, 2.05) is 6.92 Å². The molecule has 1 aromatic rings. The summed E-state index contributed by atoms with van der Waals surface area (Å²) in [6.07, 6.45) is -4.52. The van der Waals surface area contributed by atoms with Crippen molar-refractivity contribution >= 4 is 29.1 Å². The highest BCUT2D eigenvalue weighted by Crippen LogP contribution is 2.36. The second-order valence-corrected chi connectivity index (χ2v) is 5.61. The Morgan fingerprint density at radius 1 is 1.25 bits per heavy atom. The number of hydrogen-bond acceptors (Lipinski definition) is 3. The number of rotatable bonds is 4. The van der Waals surface area contributed by atoms with Gasteiger partial charge in [-0.2, -0.15) is 24.9 Å². The summed E-state index contributed by atoms with van der Waals surface area (Å²) >= 11 is 1.60. The van der Waals surface area contributed by atoms with Crippen molar-refractivity contribution in [2.24, 2.45) is 0 Å². The molecule has 1 aliphatic rings. The molecule has 0 radical (unpaired) electrons. The lowest BCUT2D eigenvalue weighted by atomic mass is 10.1. The number of amides is 1. The van der Waals surface area contributed by atoms with E-state index in [1.165, 1.54) is 11.0 Å². The first-order valence-corrected chi connectivity index (χ1v) is 7.17. The Morgan fingerprint density at radius 3 is 2.55 bits per heavy atom. The quantitative estimate of drug-likeness (QED) is 0.634. The molecule has 0 N–H and O–H groups in total. The normalized spacial score (nSPS) is 14.9. The van der Waals surface area contributed by atoms with Crippen molar-refractivity contribution in [3.05, 3.63) is 29.3 Å². The first-order chi connectivity index (χ1) is 9.36. The average Bonchev–Trinajstić information content (AvgIpc) is 2.63. The van der Waals surface area contributed by atoms with Crippen LogP contribution in [0.4, 0.5) is 18.9 Å². The average molecular weight is 303 g/mol. The summed E-state index contributed by atoms with van der Waals surface area (Å²) in [6, 6.07) is 2.84. The zero-order valence-electron chi connectivity index (χ0n) is 10.7. The molecular formula is C13H12F3NO2S. The molecular weight excluding hydrogens is 291 g/mol. The molecule has 0 saturated heterocycles. The minimum absolute atomic E-state index is 0.161. The van der Waals surface area contributed by atoms with Gasteiger partial charge in [-0.05, 0) is 24.0 Å². The van der Waals surface area contributed by atoms with Crippen LogP contribution in [-0.4, -0.2) is 29.7 Å². The molecule has 2 rings (SSSR count).